The van der Waals surface area contributed by atoms with Gasteiger partial charge in [0, 0.05) is 24.3 Å². The predicted octanol–water partition coefficient (Wildman–Crippen LogP) is 4.04. The Kier molecular flexibility index (Phi) is 6.92. The van der Waals surface area contributed by atoms with E-state index in [1.165, 1.54) is 17.0 Å². The minimum absolute atomic E-state index is 0.110. The fourth-order valence-electron chi connectivity index (χ4n) is 3.62. The van der Waals surface area contributed by atoms with Crippen LogP contribution in [0, 0.1) is 0 Å². The molecule has 0 bridgehead atoms. The molecule has 0 spiro atoms. The maximum absolute atomic E-state index is 13.2. The molecule has 0 radical (unpaired) electrons. The van der Waals surface area contributed by atoms with Gasteiger partial charge < -0.3 is 14.8 Å². The lowest BCUT2D eigenvalue weighted by atomic mass is 10.0. The first-order chi connectivity index (χ1) is 15.9. The Hall–Kier alpha value is -3.01. The summed E-state index contributed by atoms with van der Waals surface area (Å²) in [5, 5.41) is 11.8. The average Bonchev–Trinajstić information content (AvgIpc) is 2.85. The van der Waals surface area contributed by atoms with E-state index in [9.17, 15) is 8.42 Å². The van der Waals surface area contributed by atoms with Crippen molar-refractivity contribution >= 4 is 21.5 Å². The molecule has 1 aromatic heterocycles. The third kappa shape index (κ3) is 5.16. The topological polar surface area (TPSA) is 93.7 Å². The van der Waals surface area contributed by atoms with E-state index in [0.29, 0.717) is 55.0 Å². The summed E-state index contributed by atoms with van der Waals surface area (Å²) < 4.78 is 38.5. The highest BCUT2D eigenvalue weighted by Gasteiger charge is 2.29. The predicted molar refractivity (Wildman–Crippen MR) is 127 cm³/mol. The zero-order valence-electron chi connectivity index (χ0n) is 19.0. The molecule has 9 heteroatoms. The molecule has 4 rings (SSSR count). The first-order valence-corrected chi connectivity index (χ1v) is 12.3. The number of benzene rings is 2. The van der Waals surface area contributed by atoms with Crippen LogP contribution in [0.3, 0.4) is 0 Å². The van der Waals surface area contributed by atoms with Crippen molar-refractivity contribution < 1.29 is 17.9 Å². The zero-order valence-corrected chi connectivity index (χ0v) is 19.8. The van der Waals surface area contributed by atoms with Gasteiger partial charge in [-0.15, -0.1) is 10.2 Å². The third-order valence-electron chi connectivity index (χ3n) is 5.56. The first kappa shape index (κ1) is 23.2. The Morgan fingerprint density at radius 1 is 1.00 bits per heavy atom. The zero-order chi connectivity index (χ0) is 23.4. The summed E-state index contributed by atoms with van der Waals surface area (Å²) >= 11 is 0. The molecule has 174 valence electrons. The van der Waals surface area contributed by atoms with E-state index in [0.717, 1.165) is 5.69 Å². The lowest BCUT2D eigenvalue weighted by Gasteiger charge is -2.26. The first-order valence-electron chi connectivity index (χ1n) is 10.9. The Morgan fingerprint density at radius 3 is 2.33 bits per heavy atom. The van der Waals surface area contributed by atoms with Gasteiger partial charge in [0.05, 0.1) is 26.0 Å². The van der Waals surface area contributed by atoms with Crippen LogP contribution in [-0.4, -0.2) is 56.3 Å². The second-order valence-corrected chi connectivity index (χ2v) is 9.99. The Labute approximate surface area is 194 Å². The van der Waals surface area contributed by atoms with Gasteiger partial charge in [-0.2, -0.15) is 4.31 Å². The average molecular weight is 469 g/mol. The van der Waals surface area contributed by atoms with Crippen LogP contribution in [0.15, 0.2) is 59.5 Å². The maximum atomic E-state index is 13.2. The van der Waals surface area contributed by atoms with Crippen LogP contribution in [0.4, 0.5) is 11.5 Å². The van der Waals surface area contributed by atoms with E-state index in [4.69, 9.17) is 9.47 Å². The minimum atomic E-state index is -3.73. The molecule has 33 heavy (non-hydrogen) atoms. The van der Waals surface area contributed by atoms with Crippen LogP contribution < -0.4 is 10.1 Å². The lowest BCUT2D eigenvalue weighted by Crippen LogP contribution is -2.40. The largest absolute Gasteiger partial charge is 0.495 e. The molecule has 0 atom stereocenters. The van der Waals surface area contributed by atoms with E-state index in [1.807, 2.05) is 24.3 Å². The molecule has 0 amide bonds. The van der Waals surface area contributed by atoms with Gasteiger partial charge in [-0.05, 0) is 53.9 Å². The quantitative estimate of drug-likeness (QED) is 0.559. The molecule has 8 nitrogen and oxygen atoms in total. The molecule has 1 N–H and O–H groups in total. The van der Waals surface area contributed by atoms with Crippen molar-refractivity contribution in [3.63, 3.8) is 0 Å². The van der Waals surface area contributed by atoms with Gasteiger partial charge in [-0.3, -0.25) is 0 Å². The number of hydrogen-bond acceptors (Lipinski definition) is 7. The summed E-state index contributed by atoms with van der Waals surface area (Å²) in [5.74, 6) is 1.37. The molecule has 0 saturated carbocycles. The second-order valence-electron chi connectivity index (χ2n) is 8.09. The number of sulfonamides is 1. The number of ether oxygens (including phenoxy) is 2. The van der Waals surface area contributed by atoms with Crippen LogP contribution in [0.5, 0.6) is 5.75 Å². The Morgan fingerprint density at radius 2 is 1.73 bits per heavy atom. The lowest BCUT2D eigenvalue weighted by molar-refractivity contribution is 0.0729. The summed E-state index contributed by atoms with van der Waals surface area (Å²) in [4.78, 5) is 0.110. The number of nitrogens with one attached hydrogen (secondary N) is 1. The maximum Gasteiger partial charge on any atom is 0.246 e. The highest BCUT2D eigenvalue weighted by Crippen LogP contribution is 2.32. The molecular weight excluding hydrogens is 440 g/mol. The van der Waals surface area contributed by atoms with Gasteiger partial charge in [0.15, 0.2) is 5.82 Å². The third-order valence-corrected chi connectivity index (χ3v) is 7.48. The number of hydrogen-bond donors (Lipinski definition) is 1. The number of anilines is 2. The van der Waals surface area contributed by atoms with Gasteiger partial charge in [0.2, 0.25) is 10.0 Å². The van der Waals surface area contributed by atoms with Gasteiger partial charge in [0.25, 0.3) is 0 Å². The molecule has 2 heterocycles. The van der Waals surface area contributed by atoms with Crippen LogP contribution in [-0.2, 0) is 14.8 Å². The fraction of sp³-hybridized carbons (Fsp3) is 0.333. The van der Waals surface area contributed by atoms with Crippen molar-refractivity contribution in [1.29, 1.82) is 0 Å². The van der Waals surface area contributed by atoms with E-state index in [2.05, 4.69) is 41.5 Å². The number of methoxy groups -OCH3 is 1. The molecule has 1 aliphatic heterocycles. The monoisotopic (exact) mass is 468 g/mol. The fourth-order valence-corrected chi connectivity index (χ4v) is 5.21. The minimum Gasteiger partial charge on any atom is -0.495 e. The van der Waals surface area contributed by atoms with Gasteiger partial charge in [0.1, 0.15) is 10.6 Å². The van der Waals surface area contributed by atoms with Crippen molar-refractivity contribution in [2.75, 3.05) is 38.7 Å². The molecule has 1 aliphatic rings. The van der Waals surface area contributed by atoms with Crippen molar-refractivity contribution in [2.45, 2.75) is 24.7 Å². The summed E-state index contributed by atoms with van der Waals surface area (Å²) in [5.41, 5.74) is 3.40. The molecule has 3 aromatic rings. The van der Waals surface area contributed by atoms with Crippen molar-refractivity contribution in [3.8, 4) is 17.0 Å². The summed E-state index contributed by atoms with van der Waals surface area (Å²) in [6, 6.07) is 16.8. The highest BCUT2D eigenvalue weighted by atomic mass is 32.2. The van der Waals surface area contributed by atoms with Crippen molar-refractivity contribution in [2.24, 2.45) is 0 Å². The molecular formula is C24H28N4O4S. The van der Waals surface area contributed by atoms with Crippen LogP contribution in [0.2, 0.25) is 0 Å². The number of rotatable bonds is 7. The number of nitrogens with zero attached hydrogens (tertiary/aromatic N) is 3. The smallest absolute Gasteiger partial charge is 0.246 e. The molecule has 0 aliphatic carbocycles. The van der Waals surface area contributed by atoms with Crippen molar-refractivity contribution in [1.82, 2.24) is 14.5 Å². The summed E-state index contributed by atoms with van der Waals surface area (Å²) in [6.45, 7) is 5.69. The van der Waals surface area contributed by atoms with E-state index in [1.54, 1.807) is 18.2 Å². The Balaban J connectivity index is 1.57. The van der Waals surface area contributed by atoms with Gasteiger partial charge in [-0.1, -0.05) is 26.0 Å². The molecule has 1 saturated heterocycles. The second kappa shape index (κ2) is 9.86. The molecule has 2 aromatic carbocycles. The molecule has 1 fully saturated rings. The van der Waals surface area contributed by atoms with Crippen LogP contribution >= 0.6 is 0 Å². The van der Waals surface area contributed by atoms with Crippen LogP contribution in [0.25, 0.3) is 11.3 Å². The van der Waals surface area contributed by atoms with E-state index >= 15 is 0 Å². The standard InChI is InChI=1S/C24H28N4O4S/c1-17(2)18-4-7-20(8-5-18)25-24-11-9-21(26-27-24)19-6-10-22(31-3)23(16-19)33(29,30)28-12-14-32-15-13-28/h4-11,16-17H,12-15H2,1-3H3,(H,25,27). The van der Waals surface area contributed by atoms with Gasteiger partial charge in [-0.25, -0.2) is 8.42 Å². The van der Waals surface area contributed by atoms with Gasteiger partial charge >= 0.3 is 0 Å². The van der Waals surface area contributed by atoms with E-state index < -0.39 is 10.0 Å². The number of morpholine rings is 1. The highest BCUT2D eigenvalue weighted by molar-refractivity contribution is 7.89. The Bertz CT molecular complexity index is 1190. The molecule has 0 unspecified atom stereocenters. The SMILES string of the molecule is COc1ccc(-c2ccc(Nc3ccc(C(C)C)cc3)nn2)cc1S(=O)(=O)N1CCOCC1. The van der Waals surface area contributed by atoms with Crippen LogP contribution in [0.1, 0.15) is 25.3 Å². The summed E-state index contributed by atoms with van der Waals surface area (Å²) in [6.07, 6.45) is 0. The van der Waals surface area contributed by atoms with E-state index in [-0.39, 0.29) is 4.90 Å². The van der Waals surface area contributed by atoms with Crippen molar-refractivity contribution in [3.05, 3.63) is 60.2 Å². The summed E-state index contributed by atoms with van der Waals surface area (Å²) in [7, 11) is -2.27. The normalized spacial score (nSPS) is 14.9. The number of aromatic nitrogens is 2.